The van der Waals surface area contributed by atoms with E-state index in [4.69, 9.17) is 0 Å². The molecule has 0 aliphatic heterocycles. The van der Waals surface area contributed by atoms with Crippen LogP contribution in [0.15, 0.2) is 42.5 Å². The van der Waals surface area contributed by atoms with Crippen molar-refractivity contribution in [3.05, 3.63) is 48.0 Å². The van der Waals surface area contributed by atoms with Gasteiger partial charge >= 0.3 is 5.97 Å². The van der Waals surface area contributed by atoms with Crippen molar-refractivity contribution in [2.45, 2.75) is 13.5 Å². The largest absolute Gasteiger partial charge is 0.466 e. The summed E-state index contributed by atoms with van der Waals surface area (Å²) in [5.74, 6) is -0.305. The molecular formula is C14H19NO2. The first-order chi connectivity index (χ1) is 8.26. The van der Waals surface area contributed by atoms with E-state index in [1.54, 1.807) is 0 Å². The molecule has 1 aromatic carbocycles. The fourth-order valence-corrected chi connectivity index (χ4v) is 1.51. The van der Waals surface area contributed by atoms with Crippen LogP contribution in [0, 0.1) is 0 Å². The highest BCUT2D eigenvalue weighted by Crippen LogP contribution is 2.03. The van der Waals surface area contributed by atoms with Gasteiger partial charge in [-0.15, -0.1) is 0 Å². The van der Waals surface area contributed by atoms with Crippen LogP contribution in [0.1, 0.15) is 12.5 Å². The standard InChI is InChI=1S/C14H19NO2/c1-3-15(11-7-10-14(16)17-2)12-13-8-5-4-6-9-13/h4-10H,3,11-12H2,1-2H3/b10-7+. The van der Waals surface area contributed by atoms with Crippen molar-refractivity contribution < 1.29 is 9.53 Å². The Morgan fingerprint density at radius 3 is 2.65 bits per heavy atom. The van der Waals surface area contributed by atoms with E-state index in [0.717, 1.165) is 19.6 Å². The molecule has 0 heterocycles. The number of carbonyl (C=O) groups excluding carboxylic acids is 1. The van der Waals surface area contributed by atoms with Crippen molar-refractivity contribution in [3.8, 4) is 0 Å². The third kappa shape index (κ3) is 5.31. The van der Waals surface area contributed by atoms with Gasteiger partial charge in [0.25, 0.3) is 0 Å². The summed E-state index contributed by atoms with van der Waals surface area (Å²) in [6.45, 7) is 4.69. The van der Waals surface area contributed by atoms with Crippen LogP contribution in [0.3, 0.4) is 0 Å². The Hall–Kier alpha value is -1.61. The number of rotatable bonds is 6. The van der Waals surface area contributed by atoms with Crippen LogP contribution in [0.5, 0.6) is 0 Å². The molecule has 0 amide bonds. The van der Waals surface area contributed by atoms with Crippen molar-refractivity contribution in [3.63, 3.8) is 0 Å². The van der Waals surface area contributed by atoms with Crippen LogP contribution in [0.2, 0.25) is 0 Å². The molecule has 0 aromatic heterocycles. The fraction of sp³-hybridized carbons (Fsp3) is 0.357. The van der Waals surface area contributed by atoms with Crippen LogP contribution in [0.25, 0.3) is 0 Å². The van der Waals surface area contributed by atoms with Gasteiger partial charge in [0.05, 0.1) is 7.11 Å². The summed E-state index contributed by atoms with van der Waals surface area (Å²) in [4.78, 5) is 13.2. The van der Waals surface area contributed by atoms with E-state index >= 15 is 0 Å². The lowest BCUT2D eigenvalue weighted by molar-refractivity contribution is -0.134. The zero-order valence-electron chi connectivity index (χ0n) is 10.4. The van der Waals surface area contributed by atoms with E-state index in [0.29, 0.717) is 0 Å². The van der Waals surface area contributed by atoms with E-state index in [1.165, 1.54) is 18.7 Å². The Balaban J connectivity index is 2.44. The molecule has 0 aliphatic carbocycles. The zero-order chi connectivity index (χ0) is 12.5. The van der Waals surface area contributed by atoms with Crippen molar-refractivity contribution in [2.75, 3.05) is 20.2 Å². The number of carbonyl (C=O) groups is 1. The van der Waals surface area contributed by atoms with Crippen LogP contribution < -0.4 is 0 Å². The number of hydrogen-bond donors (Lipinski definition) is 0. The molecule has 1 aromatic rings. The van der Waals surface area contributed by atoms with Crippen molar-refractivity contribution in [2.24, 2.45) is 0 Å². The second-order valence-corrected chi connectivity index (χ2v) is 3.74. The van der Waals surface area contributed by atoms with Crippen LogP contribution in [0.4, 0.5) is 0 Å². The van der Waals surface area contributed by atoms with E-state index in [2.05, 4.69) is 28.7 Å². The molecule has 0 saturated carbocycles. The molecule has 3 nitrogen and oxygen atoms in total. The highest BCUT2D eigenvalue weighted by atomic mass is 16.5. The molecule has 0 N–H and O–H groups in total. The second kappa shape index (κ2) is 7.63. The maximum absolute atomic E-state index is 10.9. The van der Waals surface area contributed by atoms with E-state index in [-0.39, 0.29) is 5.97 Å². The number of benzene rings is 1. The van der Waals surface area contributed by atoms with Crippen molar-refractivity contribution in [1.82, 2.24) is 4.90 Å². The van der Waals surface area contributed by atoms with Crippen LogP contribution in [-0.4, -0.2) is 31.1 Å². The van der Waals surface area contributed by atoms with Crippen LogP contribution in [-0.2, 0) is 16.1 Å². The van der Waals surface area contributed by atoms with Gasteiger partial charge in [0.15, 0.2) is 0 Å². The van der Waals surface area contributed by atoms with Gasteiger partial charge in [-0.3, -0.25) is 4.90 Å². The molecule has 0 saturated heterocycles. The van der Waals surface area contributed by atoms with Gasteiger partial charge in [-0.1, -0.05) is 43.3 Å². The van der Waals surface area contributed by atoms with Gasteiger partial charge in [0, 0.05) is 19.2 Å². The monoisotopic (exact) mass is 233 g/mol. The summed E-state index contributed by atoms with van der Waals surface area (Å²) >= 11 is 0. The summed E-state index contributed by atoms with van der Waals surface area (Å²) in [5, 5.41) is 0. The van der Waals surface area contributed by atoms with E-state index in [1.807, 2.05) is 24.3 Å². The van der Waals surface area contributed by atoms with Gasteiger partial charge < -0.3 is 4.74 Å². The molecule has 17 heavy (non-hydrogen) atoms. The molecule has 3 heteroatoms. The average molecular weight is 233 g/mol. The van der Waals surface area contributed by atoms with Gasteiger partial charge in [0.1, 0.15) is 0 Å². The number of esters is 1. The topological polar surface area (TPSA) is 29.5 Å². The first kappa shape index (κ1) is 13.5. The van der Waals surface area contributed by atoms with E-state index in [9.17, 15) is 4.79 Å². The van der Waals surface area contributed by atoms with Gasteiger partial charge in [-0.25, -0.2) is 4.79 Å². The first-order valence-corrected chi connectivity index (χ1v) is 5.77. The lowest BCUT2D eigenvalue weighted by Gasteiger charge is -2.18. The molecule has 0 aliphatic rings. The quantitative estimate of drug-likeness (QED) is 0.557. The predicted octanol–water partition coefficient (Wildman–Crippen LogP) is 2.24. The van der Waals surface area contributed by atoms with Crippen LogP contribution >= 0.6 is 0 Å². The molecule has 92 valence electrons. The number of nitrogens with zero attached hydrogens (tertiary/aromatic N) is 1. The Morgan fingerprint density at radius 2 is 2.06 bits per heavy atom. The van der Waals surface area contributed by atoms with Crippen molar-refractivity contribution >= 4 is 5.97 Å². The Morgan fingerprint density at radius 1 is 1.35 bits per heavy atom. The number of hydrogen-bond acceptors (Lipinski definition) is 3. The summed E-state index contributed by atoms with van der Waals surface area (Å²) in [6.07, 6.45) is 3.30. The lowest BCUT2D eigenvalue weighted by atomic mass is 10.2. The van der Waals surface area contributed by atoms with Gasteiger partial charge in [-0.2, -0.15) is 0 Å². The molecular weight excluding hydrogens is 214 g/mol. The summed E-state index contributed by atoms with van der Waals surface area (Å²) < 4.78 is 4.54. The average Bonchev–Trinajstić information content (AvgIpc) is 2.38. The van der Waals surface area contributed by atoms with Gasteiger partial charge in [-0.05, 0) is 12.1 Å². The number of likely N-dealkylation sites (N-methyl/N-ethyl adjacent to an activating group) is 1. The summed E-state index contributed by atoms with van der Waals surface area (Å²) in [6, 6.07) is 10.3. The van der Waals surface area contributed by atoms with Gasteiger partial charge in [0.2, 0.25) is 0 Å². The molecule has 1 rings (SSSR count). The lowest BCUT2D eigenvalue weighted by Crippen LogP contribution is -2.22. The maximum atomic E-state index is 10.9. The third-order valence-corrected chi connectivity index (χ3v) is 2.51. The molecule has 0 bridgehead atoms. The predicted molar refractivity (Wildman–Crippen MR) is 68.5 cm³/mol. The third-order valence-electron chi connectivity index (χ3n) is 2.51. The maximum Gasteiger partial charge on any atom is 0.330 e. The second-order valence-electron chi connectivity index (χ2n) is 3.74. The Bertz CT molecular complexity index is 360. The fourth-order valence-electron chi connectivity index (χ4n) is 1.51. The smallest absolute Gasteiger partial charge is 0.330 e. The summed E-state index contributed by atoms with van der Waals surface area (Å²) in [7, 11) is 1.38. The molecule has 0 fully saturated rings. The highest BCUT2D eigenvalue weighted by Gasteiger charge is 2.01. The number of methoxy groups -OCH3 is 1. The summed E-state index contributed by atoms with van der Waals surface area (Å²) in [5.41, 5.74) is 1.28. The molecule has 0 atom stereocenters. The highest BCUT2D eigenvalue weighted by molar-refractivity contribution is 5.81. The Labute approximate surface area is 103 Å². The zero-order valence-corrected chi connectivity index (χ0v) is 10.4. The molecule has 0 unspecified atom stereocenters. The number of ether oxygens (including phenoxy) is 1. The van der Waals surface area contributed by atoms with E-state index < -0.39 is 0 Å². The SMILES string of the molecule is CCN(C/C=C/C(=O)OC)Cc1ccccc1. The molecule has 0 radical (unpaired) electrons. The van der Waals surface area contributed by atoms with Crippen molar-refractivity contribution in [1.29, 1.82) is 0 Å². The first-order valence-electron chi connectivity index (χ1n) is 5.77. The minimum absolute atomic E-state index is 0.305. The minimum atomic E-state index is -0.305. The molecule has 0 spiro atoms. The Kier molecular flexibility index (Phi) is 6.04. The normalized spacial score (nSPS) is 11.0. The minimum Gasteiger partial charge on any atom is -0.466 e.